The van der Waals surface area contributed by atoms with E-state index < -0.39 is 0 Å². The van der Waals surface area contributed by atoms with Gasteiger partial charge in [-0.15, -0.1) is 0 Å². The molecular formula is C24H22N2O4. The lowest BCUT2D eigenvalue weighted by molar-refractivity contribution is 0.121. The van der Waals surface area contributed by atoms with Crippen molar-refractivity contribution in [1.82, 2.24) is 4.98 Å². The van der Waals surface area contributed by atoms with Gasteiger partial charge in [0.2, 0.25) is 0 Å². The van der Waals surface area contributed by atoms with Gasteiger partial charge in [-0.2, -0.15) is 0 Å². The van der Waals surface area contributed by atoms with E-state index in [4.69, 9.17) is 13.9 Å². The third-order valence-corrected chi connectivity index (χ3v) is 5.44. The molecule has 152 valence electrons. The molecule has 1 aliphatic rings. The fourth-order valence-electron chi connectivity index (χ4n) is 3.76. The predicted octanol–water partition coefficient (Wildman–Crippen LogP) is 4.07. The van der Waals surface area contributed by atoms with Crippen molar-refractivity contribution in [2.45, 2.75) is 13.5 Å². The minimum atomic E-state index is -0.0522. The highest BCUT2D eigenvalue weighted by Gasteiger charge is 2.17. The van der Waals surface area contributed by atoms with E-state index in [1.807, 2.05) is 54.3 Å². The average molecular weight is 402 g/mol. The smallest absolute Gasteiger partial charge is 0.200 e. The van der Waals surface area contributed by atoms with Crippen LogP contribution in [-0.2, 0) is 11.3 Å². The van der Waals surface area contributed by atoms with Crippen LogP contribution < -0.4 is 15.1 Å². The molecule has 2 aromatic carbocycles. The van der Waals surface area contributed by atoms with Crippen LogP contribution in [0, 0.1) is 6.92 Å². The van der Waals surface area contributed by atoms with E-state index in [0.717, 1.165) is 22.2 Å². The summed E-state index contributed by atoms with van der Waals surface area (Å²) < 4.78 is 17.6. The van der Waals surface area contributed by atoms with Crippen LogP contribution in [-0.4, -0.2) is 31.3 Å². The van der Waals surface area contributed by atoms with Crippen molar-refractivity contribution in [3.8, 4) is 5.75 Å². The summed E-state index contributed by atoms with van der Waals surface area (Å²) in [7, 11) is 0. The van der Waals surface area contributed by atoms with Crippen LogP contribution in [0.3, 0.4) is 0 Å². The number of morpholine rings is 1. The second-order valence-electron chi connectivity index (χ2n) is 7.40. The fraction of sp³-hybridized carbons (Fsp3) is 0.250. The van der Waals surface area contributed by atoms with E-state index in [1.54, 1.807) is 12.1 Å². The second kappa shape index (κ2) is 7.80. The van der Waals surface area contributed by atoms with Crippen molar-refractivity contribution in [2.24, 2.45) is 0 Å². The number of pyridine rings is 1. The molecule has 0 N–H and O–H groups in total. The Morgan fingerprint density at radius 3 is 2.77 bits per heavy atom. The molecule has 5 rings (SSSR count). The zero-order chi connectivity index (χ0) is 20.5. The monoisotopic (exact) mass is 402 g/mol. The first-order chi connectivity index (χ1) is 14.7. The first-order valence-electron chi connectivity index (χ1n) is 10.1. The Kier molecular flexibility index (Phi) is 4.85. The maximum Gasteiger partial charge on any atom is 0.200 e. The van der Waals surface area contributed by atoms with Crippen molar-refractivity contribution in [3.05, 3.63) is 76.1 Å². The lowest BCUT2D eigenvalue weighted by Crippen LogP contribution is -2.36. The zero-order valence-electron chi connectivity index (χ0n) is 16.8. The largest absolute Gasteiger partial charge is 0.487 e. The minimum absolute atomic E-state index is 0.0522. The normalized spacial score (nSPS) is 14.4. The Bertz CT molecular complexity index is 1280. The molecule has 1 aliphatic heterocycles. The number of fused-ring (bicyclic) bond motifs is 2. The first kappa shape index (κ1) is 18.6. The van der Waals surface area contributed by atoms with Crippen LogP contribution in [0.5, 0.6) is 5.75 Å². The number of hydrogen-bond donors (Lipinski definition) is 0. The Morgan fingerprint density at radius 2 is 1.90 bits per heavy atom. The number of anilines is 1. The summed E-state index contributed by atoms with van der Waals surface area (Å²) >= 11 is 0. The van der Waals surface area contributed by atoms with Crippen molar-refractivity contribution in [2.75, 3.05) is 31.2 Å². The number of benzene rings is 2. The molecule has 0 spiro atoms. The van der Waals surface area contributed by atoms with Crippen LogP contribution in [0.15, 0.2) is 63.8 Å². The van der Waals surface area contributed by atoms with Crippen LogP contribution in [0.2, 0.25) is 0 Å². The van der Waals surface area contributed by atoms with Gasteiger partial charge in [-0.25, -0.2) is 4.98 Å². The standard InChI is InChI=1S/C24H22N2O4/c1-16-22(29-15-18-7-6-17-4-2-3-5-20(17)25-18)9-8-19-21(27)14-23(30-24(16)19)26-10-12-28-13-11-26/h2-9,14H,10-13,15H2,1H3. The van der Waals surface area contributed by atoms with E-state index in [9.17, 15) is 4.79 Å². The number of para-hydroxylation sites is 1. The van der Waals surface area contributed by atoms with Gasteiger partial charge in [0.05, 0.1) is 29.8 Å². The molecule has 0 atom stereocenters. The van der Waals surface area contributed by atoms with Gasteiger partial charge in [-0.1, -0.05) is 24.3 Å². The molecule has 0 saturated carbocycles. The summed E-state index contributed by atoms with van der Waals surface area (Å²) in [5.74, 6) is 1.26. The molecule has 0 unspecified atom stereocenters. The van der Waals surface area contributed by atoms with Gasteiger partial charge >= 0.3 is 0 Å². The molecule has 6 heteroatoms. The van der Waals surface area contributed by atoms with E-state index in [0.29, 0.717) is 55.5 Å². The Labute approximate surface area is 173 Å². The third kappa shape index (κ3) is 3.50. The average Bonchev–Trinajstić information content (AvgIpc) is 2.79. The maximum atomic E-state index is 12.6. The zero-order valence-corrected chi connectivity index (χ0v) is 16.8. The number of aromatic nitrogens is 1. The predicted molar refractivity (Wildman–Crippen MR) is 116 cm³/mol. The highest BCUT2D eigenvalue weighted by atomic mass is 16.5. The quantitative estimate of drug-likeness (QED) is 0.513. The summed E-state index contributed by atoms with van der Waals surface area (Å²) in [6, 6.07) is 17.2. The highest BCUT2D eigenvalue weighted by molar-refractivity contribution is 5.83. The van der Waals surface area contributed by atoms with Crippen LogP contribution in [0.1, 0.15) is 11.3 Å². The van der Waals surface area contributed by atoms with Crippen molar-refractivity contribution in [1.29, 1.82) is 0 Å². The molecular weight excluding hydrogens is 380 g/mol. The van der Waals surface area contributed by atoms with E-state index >= 15 is 0 Å². The van der Waals surface area contributed by atoms with Gasteiger partial charge < -0.3 is 18.8 Å². The molecule has 3 heterocycles. The Morgan fingerprint density at radius 1 is 1.07 bits per heavy atom. The number of nitrogens with zero attached hydrogens (tertiary/aromatic N) is 2. The number of ether oxygens (including phenoxy) is 2. The van der Waals surface area contributed by atoms with Gasteiger partial charge in [-0.05, 0) is 31.2 Å². The molecule has 30 heavy (non-hydrogen) atoms. The van der Waals surface area contributed by atoms with Crippen molar-refractivity contribution >= 4 is 27.8 Å². The Balaban J connectivity index is 1.45. The van der Waals surface area contributed by atoms with E-state index in [-0.39, 0.29) is 5.43 Å². The van der Waals surface area contributed by atoms with Crippen LogP contribution in [0.25, 0.3) is 21.9 Å². The highest BCUT2D eigenvalue weighted by Crippen LogP contribution is 2.29. The summed E-state index contributed by atoms with van der Waals surface area (Å²) in [5.41, 5.74) is 3.10. The second-order valence-corrected chi connectivity index (χ2v) is 7.40. The number of aryl methyl sites for hydroxylation is 1. The first-order valence-corrected chi connectivity index (χ1v) is 10.1. The molecule has 1 fully saturated rings. The summed E-state index contributed by atoms with van der Waals surface area (Å²) in [6.45, 7) is 4.92. The third-order valence-electron chi connectivity index (χ3n) is 5.44. The fourth-order valence-corrected chi connectivity index (χ4v) is 3.76. The van der Waals surface area contributed by atoms with Gasteiger partial charge in [0.25, 0.3) is 0 Å². The number of rotatable bonds is 4. The minimum Gasteiger partial charge on any atom is -0.487 e. The summed E-state index contributed by atoms with van der Waals surface area (Å²) in [6.07, 6.45) is 0. The lowest BCUT2D eigenvalue weighted by Gasteiger charge is -2.27. The molecule has 0 radical (unpaired) electrons. The molecule has 2 aromatic heterocycles. The SMILES string of the molecule is Cc1c(OCc2ccc3ccccc3n2)ccc2c(=O)cc(N3CCOCC3)oc12. The van der Waals surface area contributed by atoms with Gasteiger partial charge in [0.15, 0.2) is 11.3 Å². The van der Waals surface area contributed by atoms with Crippen LogP contribution >= 0.6 is 0 Å². The molecule has 1 saturated heterocycles. The maximum absolute atomic E-state index is 12.6. The van der Waals surface area contributed by atoms with E-state index in [2.05, 4.69) is 4.98 Å². The summed E-state index contributed by atoms with van der Waals surface area (Å²) in [4.78, 5) is 19.3. The summed E-state index contributed by atoms with van der Waals surface area (Å²) in [5, 5.41) is 1.65. The molecule has 4 aromatic rings. The topological polar surface area (TPSA) is 64.8 Å². The van der Waals surface area contributed by atoms with Gasteiger partial charge in [0, 0.05) is 30.1 Å². The molecule has 6 nitrogen and oxygen atoms in total. The van der Waals surface area contributed by atoms with Crippen LogP contribution in [0.4, 0.5) is 5.88 Å². The van der Waals surface area contributed by atoms with Crippen molar-refractivity contribution < 1.29 is 13.9 Å². The lowest BCUT2D eigenvalue weighted by atomic mass is 10.1. The Hall–Kier alpha value is -3.38. The molecule has 0 aliphatic carbocycles. The van der Waals surface area contributed by atoms with Gasteiger partial charge in [-0.3, -0.25) is 4.79 Å². The number of hydrogen-bond acceptors (Lipinski definition) is 6. The molecule has 0 bridgehead atoms. The van der Waals surface area contributed by atoms with Crippen molar-refractivity contribution in [3.63, 3.8) is 0 Å². The van der Waals surface area contributed by atoms with E-state index in [1.165, 1.54) is 0 Å². The van der Waals surface area contributed by atoms with Gasteiger partial charge in [0.1, 0.15) is 17.9 Å². The molecule has 0 amide bonds.